The van der Waals surface area contributed by atoms with Crippen molar-refractivity contribution in [2.24, 2.45) is 0 Å². The molecule has 0 N–H and O–H groups in total. The Labute approximate surface area is 116 Å². The highest BCUT2D eigenvalue weighted by atomic mass is 35.5. The van der Waals surface area contributed by atoms with E-state index < -0.39 is 0 Å². The Morgan fingerprint density at radius 2 is 2.00 bits per heavy atom. The predicted molar refractivity (Wildman–Crippen MR) is 74.5 cm³/mol. The summed E-state index contributed by atoms with van der Waals surface area (Å²) >= 11 is 6.02. The van der Waals surface area contributed by atoms with E-state index >= 15 is 0 Å². The largest absolute Gasteiger partial charge is 0.472 e. The van der Waals surface area contributed by atoms with Gasteiger partial charge in [0.2, 0.25) is 5.28 Å². The predicted octanol–water partition coefficient (Wildman–Crippen LogP) is 2.14. The van der Waals surface area contributed by atoms with Crippen molar-refractivity contribution < 1.29 is 4.42 Å². The molecule has 0 radical (unpaired) electrons. The lowest BCUT2D eigenvalue weighted by Crippen LogP contribution is -2.44. The lowest BCUT2D eigenvalue weighted by molar-refractivity contribution is 0.312. The maximum absolute atomic E-state index is 6.02. The van der Waals surface area contributed by atoms with Gasteiger partial charge in [-0.1, -0.05) is 0 Å². The van der Waals surface area contributed by atoms with Gasteiger partial charge in [0.05, 0.1) is 18.2 Å². The number of halogens is 1. The molecule has 0 aliphatic carbocycles. The van der Waals surface area contributed by atoms with Crippen LogP contribution in [0.5, 0.6) is 0 Å². The van der Waals surface area contributed by atoms with Crippen LogP contribution in [-0.4, -0.2) is 48.1 Å². The van der Waals surface area contributed by atoms with Gasteiger partial charge >= 0.3 is 0 Å². The minimum absolute atomic E-state index is 0.271. The highest BCUT2D eigenvalue weighted by Crippen LogP contribution is 2.24. The van der Waals surface area contributed by atoms with Crippen LogP contribution in [0.2, 0.25) is 5.28 Å². The molecule has 0 saturated carbocycles. The number of hydrogen-bond donors (Lipinski definition) is 0. The molecule has 0 unspecified atom stereocenters. The van der Waals surface area contributed by atoms with Crippen LogP contribution in [0.4, 0.5) is 5.82 Å². The molecule has 0 atom stereocenters. The van der Waals surface area contributed by atoms with Gasteiger partial charge in [0.25, 0.3) is 0 Å². The summed E-state index contributed by atoms with van der Waals surface area (Å²) in [6, 6.07) is 3.83. The number of rotatable bonds is 2. The van der Waals surface area contributed by atoms with Crippen molar-refractivity contribution in [3.63, 3.8) is 0 Å². The molecule has 0 spiro atoms. The second-order valence-corrected chi connectivity index (χ2v) is 5.02. The van der Waals surface area contributed by atoms with E-state index in [1.165, 1.54) is 0 Å². The van der Waals surface area contributed by atoms with Crippen LogP contribution in [0.25, 0.3) is 11.3 Å². The van der Waals surface area contributed by atoms with Crippen molar-refractivity contribution in [1.82, 2.24) is 14.9 Å². The fraction of sp³-hybridized carbons (Fsp3) is 0.385. The molecule has 3 heterocycles. The fourth-order valence-electron chi connectivity index (χ4n) is 2.16. The van der Waals surface area contributed by atoms with Gasteiger partial charge in [0.15, 0.2) is 0 Å². The molecule has 2 aromatic heterocycles. The van der Waals surface area contributed by atoms with Crippen molar-refractivity contribution in [3.8, 4) is 11.3 Å². The molecule has 1 aliphatic heterocycles. The summed E-state index contributed by atoms with van der Waals surface area (Å²) < 4.78 is 5.08. The fourth-order valence-corrected chi connectivity index (χ4v) is 2.34. The third kappa shape index (κ3) is 2.72. The Morgan fingerprint density at radius 3 is 2.68 bits per heavy atom. The van der Waals surface area contributed by atoms with Gasteiger partial charge in [-0.2, -0.15) is 0 Å². The van der Waals surface area contributed by atoms with E-state index in [9.17, 15) is 0 Å². The standard InChI is InChI=1S/C13H15ClN4O/c1-17-3-5-18(6-4-17)12-8-11(15-13(14)16-12)10-2-7-19-9-10/h2,7-9H,3-6H2,1H3. The molecule has 2 aromatic rings. The second kappa shape index (κ2) is 5.19. The molecule has 0 bridgehead atoms. The first-order valence-electron chi connectivity index (χ1n) is 6.23. The summed E-state index contributed by atoms with van der Waals surface area (Å²) in [5, 5.41) is 0.271. The summed E-state index contributed by atoms with van der Waals surface area (Å²) in [5.74, 6) is 0.879. The summed E-state index contributed by atoms with van der Waals surface area (Å²) in [6.45, 7) is 3.97. The number of nitrogens with zero attached hydrogens (tertiary/aromatic N) is 4. The van der Waals surface area contributed by atoms with Crippen molar-refractivity contribution in [2.75, 3.05) is 38.1 Å². The van der Waals surface area contributed by atoms with Gasteiger partial charge in [0, 0.05) is 37.8 Å². The van der Waals surface area contributed by atoms with Gasteiger partial charge < -0.3 is 14.2 Å². The van der Waals surface area contributed by atoms with Crippen LogP contribution in [0, 0.1) is 0 Å². The van der Waals surface area contributed by atoms with Gasteiger partial charge in [-0.25, -0.2) is 9.97 Å². The quantitative estimate of drug-likeness (QED) is 0.788. The van der Waals surface area contributed by atoms with Crippen molar-refractivity contribution in [3.05, 3.63) is 29.9 Å². The van der Waals surface area contributed by atoms with Crippen LogP contribution < -0.4 is 4.90 Å². The van der Waals surface area contributed by atoms with Crippen LogP contribution in [0.15, 0.2) is 29.1 Å². The van der Waals surface area contributed by atoms with Crippen molar-refractivity contribution >= 4 is 17.4 Å². The monoisotopic (exact) mass is 278 g/mol. The molecule has 6 heteroatoms. The van der Waals surface area contributed by atoms with E-state index in [1.54, 1.807) is 12.5 Å². The Morgan fingerprint density at radius 1 is 1.21 bits per heavy atom. The van der Waals surface area contributed by atoms with E-state index in [0.717, 1.165) is 43.3 Å². The lowest BCUT2D eigenvalue weighted by Gasteiger charge is -2.33. The minimum Gasteiger partial charge on any atom is -0.472 e. The number of hydrogen-bond acceptors (Lipinski definition) is 5. The molecule has 5 nitrogen and oxygen atoms in total. The molecular formula is C13H15ClN4O. The number of anilines is 1. The molecule has 3 rings (SSSR count). The molecule has 1 fully saturated rings. The molecule has 1 saturated heterocycles. The zero-order valence-electron chi connectivity index (χ0n) is 10.7. The number of furan rings is 1. The van der Waals surface area contributed by atoms with Crippen LogP contribution in [0.3, 0.4) is 0 Å². The van der Waals surface area contributed by atoms with E-state index in [1.807, 2.05) is 12.1 Å². The highest BCUT2D eigenvalue weighted by molar-refractivity contribution is 6.28. The summed E-state index contributed by atoms with van der Waals surface area (Å²) in [5.41, 5.74) is 1.71. The maximum Gasteiger partial charge on any atom is 0.224 e. The normalized spacial score (nSPS) is 16.8. The Hall–Kier alpha value is -1.59. The molecular weight excluding hydrogens is 264 g/mol. The first-order valence-corrected chi connectivity index (χ1v) is 6.61. The Balaban J connectivity index is 1.90. The first-order chi connectivity index (χ1) is 9.22. The summed E-state index contributed by atoms with van der Waals surface area (Å²) in [6.07, 6.45) is 3.29. The van der Waals surface area contributed by atoms with E-state index in [-0.39, 0.29) is 5.28 Å². The van der Waals surface area contributed by atoms with E-state index in [4.69, 9.17) is 16.0 Å². The maximum atomic E-state index is 6.02. The van der Waals surface area contributed by atoms with E-state index in [0.29, 0.717) is 0 Å². The average molecular weight is 279 g/mol. The topological polar surface area (TPSA) is 45.4 Å². The number of likely N-dealkylation sites (N-methyl/N-ethyl adjacent to an activating group) is 1. The molecule has 0 amide bonds. The van der Waals surface area contributed by atoms with Crippen molar-refractivity contribution in [2.45, 2.75) is 0 Å². The average Bonchev–Trinajstić information content (AvgIpc) is 2.93. The molecule has 100 valence electrons. The molecule has 1 aliphatic rings. The van der Waals surface area contributed by atoms with E-state index in [2.05, 4.69) is 26.8 Å². The number of aromatic nitrogens is 2. The molecule has 0 aromatic carbocycles. The number of piperazine rings is 1. The van der Waals surface area contributed by atoms with Crippen LogP contribution in [0.1, 0.15) is 0 Å². The zero-order valence-corrected chi connectivity index (χ0v) is 11.5. The second-order valence-electron chi connectivity index (χ2n) is 4.68. The SMILES string of the molecule is CN1CCN(c2cc(-c3ccoc3)nc(Cl)n2)CC1. The smallest absolute Gasteiger partial charge is 0.224 e. The molecule has 19 heavy (non-hydrogen) atoms. The third-order valence-corrected chi connectivity index (χ3v) is 3.50. The van der Waals surface area contributed by atoms with Gasteiger partial charge in [0.1, 0.15) is 5.82 Å². The lowest BCUT2D eigenvalue weighted by atomic mass is 10.2. The zero-order chi connectivity index (χ0) is 13.2. The van der Waals surface area contributed by atoms with Gasteiger partial charge in [-0.3, -0.25) is 0 Å². The Bertz CT molecular complexity index is 550. The van der Waals surface area contributed by atoms with Crippen LogP contribution >= 0.6 is 11.6 Å². The Kier molecular flexibility index (Phi) is 3.40. The first kappa shape index (κ1) is 12.4. The minimum atomic E-state index is 0.271. The summed E-state index contributed by atoms with van der Waals surface area (Å²) in [7, 11) is 2.13. The summed E-state index contributed by atoms with van der Waals surface area (Å²) in [4.78, 5) is 13.1. The van der Waals surface area contributed by atoms with Crippen LogP contribution in [-0.2, 0) is 0 Å². The van der Waals surface area contributed by atoms with Gasteiger partial charge in [-0.05, 0) is 24.7 Å². The van der Waals surface area contributed by atoms with Gasteiger partial charge in [-0.15, -0.1) is 0 Å². The third-order valence-electron chi connectivity index (χ3n) is 3.33. The highest BCUT2D eigenvalue weighted by Gasteiger charge is 2.17. The van der Waals surface area contributed by atoms with Crippen molar-refractivity contribution in [1.29, 1.82) is 0 Å².